The highest BCUT2D eigenvalue weighted by Gasteiger charge is 2.45. The number of benzene rings is 1. The van der Waals surface area contributed by atoms with E-state index < -0.39 is 17.2 Å². The van der Waals surface area contributed by atoms with Crippen LogP contribution in [0.2, 0.25) is 0 Å². The SMILES string of the molecule is COc1c(Br)cc(C2(O)CC2)c(O)c1F. The molecule has 0 amide bonds. The molecule has 1 aliphatic carbocycles. The molecule has 1 aromatic carbocycles. The highest BCUT2D eigenvalue weighted by Crippen LogP contribution is 2.51. The average molecular weight is 277 g/mol. The Bertz CT molecular complexity index is 416. The molecule has 1 aliphatic rings. The minimum Gasteiger partial charge on any atom is -0.504 e. The molecule has 1 aromatic rings. The Balaban J connectivity index is 2.59. The van der Waals surface area contributed by atoms with E-state index in [9.17, 15) is 14.6 Å². The topological polar surface area (TPSA) is 49.7 Å². The van der Waals surface area contributed by atoms with Crippen molar-refractivity contribution < 1.29 is 19.3 Å². The number of hydrogen-bond acceptors (Lipinski definition) is 3. The largest absolute Gasteiger partial charge is 0.504 e. The number of halogens is 2. The van der Waals surface area contributed by atoms with Crippen molar-refractivity contribution in [1.29, 1.82) is 0 Å². The molecule has 1 saturated carbocycles. The van der Waals surface area contributed by atoms with Crippen LogP contribution in [0.5, 0.6) is 11.5 Å². The van der Waals surface area contributed by atoms with Crippen molar-refractivity contribution in [2.75, 3.05) is 7.11 Å². The molecule has 82 valence electrons. The van der Waals surface area contributed by atoms with Crippen molar-refractivity contribution in [2.24, 2.45) is 0 Å². The molecule has 0 heterocycles. The third-order valence-corrected chi connectivity index (χ3v) is 3.17. The van der Waals surface area contributed by atoms with Crippen LogP contribution in [0, 0.1) is 5.82 Å². The van der Waals surface area contributed by atoms with Crippen molar-refractivity contribution in [2.45, 2.75) is 18.4 Å². The summed E-state index contributed by atoms with van der Waals surface area (Å²) in [6, 6.07) is 1.49. The third-order valence-electron chi connectivity index (χ3n) is 2.58. The number of aromatic hydroxyl groups is 1. The lowest BCUT2D eigenvalue weighted by Gasteiger charge is -2.14. The summed E-state index contributed by atoms with van der Waals surface area (Å²) in [7, 11) is 1.31. The maximum Gasteiger partial charge on any atom is 0.208 e. The molecule has 3 nitrogen and oxygen atoms in total. The van der Waals surface area contributed by atoms with Gasteiger partial charge in [-0.05, 0) is 34.8 Å². The standard InChI is InChI=1S/C10H10BrFO3/c1-15-9-6(11)4-5(8(13)7(9)12)10(14)2-3-10/h4,13-14H,2-3H2,1H3. The number of aliphatic hydroxyl groups is 1. The van der Waals surface area contributed by atoms with Crippen LogP contribution in [-0.2, 0) is 5.60 Å². The van der Waals surface area contributed by atoms with Crippen molar-refractivity contribution in [3.8, 4) is 11.5 Å². The maximum absolute atomic E-state index is 13.6. The van der Waals surface area contributed by atoms with Crippen LogP contribution in [0.1, 0.15) is 18.4 Å². The van der Waals surface area contributed by atoms with E-state index in [1.165, 1.54) is 13.2 Å². The molecule has 0 spiro atoms. The highest BCUT2D eigenvalue weighted by atomic mass is 79.9. The lowest BCUT2D eigenvalue weighted by atomic mass is 10.1. The molecule has 15 heavy (non-hydrogen) atoms. The van der Waals surface area contributed by atoms with Crippen molar-refractivity contribution in [3.63, 3.8) is 0 Å². The molecule has 2 N–H and O–H groups in total. The third kappa shape index (κ3) is 1.59. The van der Waals surface area contributed by atoms with Crippen LogP contribution in [0.4, 0.5) is 4.39 Å². The van der Waals surface area contributed by atoms with E-state index in [2.05, 4.69) is 15.9 Å². The summed E-state index contributed by atoms with van der Waals surface area (Å²) in [4.78, 5) is 0. The van der Waals surface area contributed by atoms with Gasteiger partial charge in [-0.15, -0.1) is 0 Å². The van der Waals surface area contributed by atoms with E-state index >= 15 is 0 Å². The van der Waals surface area contributed by atoms with Gasteiger partial charge in [-0.2, -0.15) is 4.39 Å². The maximum atomic E-state index is 13.6. The first-order valence-electron chi connectivity index (χ1n) is 4.47. The Morgan fingerprint density at radius 2 is 2.13 bits per heavy atom. The molecule has 0 saturated heterocycles. The van der Waals surface area contributed by atoms with Crippen molar-refractivity contribution in [1.82, 2.24) is 0 Å². The normalized spacial score (nSPS) is 17.6. The van der Waals surface area contributed by atoms with Gasteiger partial charge in [0, 0.05) is 5.56 Å². The quantitative estimate of drug-likeness (QED) is 0.872. The second-order valence-corrected chi connectivity index (χ2v) is 4.49. The number of phenols is 1. The molecule has 0 radical (unpaired) electrons. The van der Waals surface area contributed by atoms with Crippen LogP contribution in [0.3, 0.4) is 0 Å². The van der Waals surface area contributed by atoms with E-state index in [0.29, 0.717) is 17.3 Å². The number of methoxy groups -OCH3 is 1. The minimum atomic E-state index is -1.07. The molecule has 0 atom stereocenters. The molecule has 0 aliphatic heterocycles. The zero-order valence-electron chi connectivity index (χ0n) is 8.05. The molecule has 2 rings (SSSR count). The van der Waals surface area contributed by atoms with E-state index in [1.54, 1.807) is 0 Å². The van der Waals surface area contributed by atoms with Crippen molar-refractivity contribution >= 4 is 15.9 Å². The fourth-order valence-corrected chi connectivity index (χ4v) is 2.09. The fraction of sp³-hybridized carbons (Fsp3) is 0.400. The lowest BCUT2D eigenvalue weighted by molar-refractivity contribution is 0.146. The fourth-order valence-electron chi connectivity index (χ4n) is 1.52. The summed E-state index contributed by atoms with van der Waals surface area (Å²) < 4.78 is 18.7. The number of rotatable bonds is 2. The molecule has 5 heteroatoms. The van der Waals surface area contributed by atoms with Gasteiger partial charge in [0.15, 0.2) is 11.5 Å². The monoisotopic (exact) mass is 276 g/mol. The summed E-state index contributed by atoms with van der Waals surface area (Å²) >= 11 is 3.13. The van der Waals surface area contributed by atoms with Crippen LogP contribution in [-0.4, -0.2) is 17.3 Å². The van der Waals surface area contributed by atoms with E-state index in [-0.39, 0.29) is 11.3 Å². The minimum absolute atomic E-state index is 0.0551. The molecule has 0 unspecified atom stereocenters. The average Bonchev–Trinajstić information content (AvgIpc) is 2.92. The van der Waals surface area contributed by atoms with Crippen molar-refractivity contribution in [3.05, 3.63) is 21.9 Å². The number of hydrogen-bond donors (Lipinski definition) is 2. The first kappa shape index (κ1) is 10.7. The van der Waals surface area contributed by atoms with E-state index in [0.717, 1.165) is 0 Å². The molecule has 0 bridgehead atoms. The van der Waals surface area contributed by atoms with Gasteiger partial charge < -0.3 is 14.9 Å². The second-order valence-electron chi connectivity index (χ2n) is 3.63. The predicted octanol–water partition coefficient (Wildman–Crippen LogP) is 2.28. The van der Waals surface area contributed by atoms with Gasteiger partial charge in [0.1, 0.15) is 0 Å². The summed E-state index contributed by atoms with van der Waals surface area (Å²) in [5.74, 6) is -1.43. The van der Waals surface area contributed by atoms with E-state index in [4.69, 9.17) is 4.74 Å². The summed E-state index contributed by atoms with van der Waals surface area (Å²) in [5.41, 5.74) is -0.854. The second kappa shape index (κ2) is 3.35. The summed E-state index contributed by atoms with van der Waals surface area (Å²) in [6.45, 7) is 0. The smallest absolute Gasteiger partial charge is 0.208 e. The Morgan fingerprint density at radius 3 is 2.60 bits per heavy atom. The van der Waals surface area contributed by atoms with Gasteiger partial charge in [-0.25, -0.2) is 0 Å². The first-order valence-corrected chi connectivity index (χ1v) is 5.27. The van der Waals surface area contributed by atoms with Crippen LogP contribution in [0.25, 0.3) is 0 Å². The van der Waals surface area contributed by atoms with Gasteiger partial charge in [-0.1, -0.05) is 0 Å². The van der Waals surface area contributed by atoms with Crippen LogP contribution >= 0.6 is 15.9 Å². The highest BCUT2D eigenvalue weighted by molar-refractivity contribution is 9.10. The molecular formula is C10H10BrFO3. The van der Waals surface area contributed by atoms with Gasteiger partial charge in [-0.3, -0.25) is 0 Å². The molecule has 0 aromatic heterocycles. The van der Waals surface area contributed by atoms with Gasteiger partial charge in [0.2, 0.25) is 5.82 Å². The van der Waals surface area contributed by atoms with Crippen LogP contribution in [0.15, 0.2) is 10.5 Å². The van der Waals surface area contributed by atoms with Crippen LogP contribution < -0.4 is 4.74 Å². The Morgan fingerprint density at radius 1 is 1.53 bits per heavy atom. The Hall–Kier alpha value is -0.810. The predicted molar refractivity (Wildman–Crippen MR) is 55.4 cm³/mol. The van der Waals surface area contributed by atoms with Gasteiger partial charge in [0.25, 0.3) is 0 Å². The summed E-state index contributed by atoms with van der Waals surface area (Å²) in [6.07, 6.45) is 1.08. The number of ether oxygens (including phenoxy) is 1. The van der Waals surface area contributed by atoms with Gasteiger partial charge >= 0.3 is 0 Å². The lowest BCUT2D eigenvalue weighted by Crippen LogP contribution is -2.06. The Kier molecular flexibility index (Phi) is 2.39. The summed E-state index contributed by atoms with van der Waals surface area (Å²) in [5, 5.41) is 19.4. The molecular weight excluding hydrogens is 267 g/mol. The van der Waals surface area contributed by atoms with E-state index in [1.807, 2.05) is 0 Å². The molecule has 1 fully saturated rings. The zero-order valence-corrected chi connectivity index (χ0v) is 9.64. The Labute approximate surface area is 94.6 Å². The van der Waals surface area contributed by atoms with Gasteiger partial charge in [0.05, 0.1) is 17.2 Å². The first-order chi connectivity index (χ1) is 6.99. The number of phenolic OH excluding ortho intramolecular Hbond substituents is 1. The zero-order chi connectivity index (χ0) is 11.2.